The number of ether oxygens (including phenoxy) is 1. The first-order chi connectivity index (χ1) is 11.8. The van der Waals surface area contributed by atoms with Crippen LogP contribution in [0, 0.1) is 6.92 Å². The van der Waals surface area contributed by atoms with Crippen molar-refractivity contribution in [3.63, 3.8) is 0 Å². The number of aryl methyl sites for hydroxylation is 1. The molecule has 0 aromatic heterocycles. The normalized spacial score (nSPS) is 11.3. The summed E-state index contributed by atoms with van der Waals surface area (Å²) >= 11 is 4.66. The molecular formula is C16H17N3O4S2. The first kappa shape index (κ1) is 18.7. The van der Waals surface area contributed by atoms with Crippen LogP contribution in [0.25, 0.3) is 0 Å². The van der Waals surface area contributed by atoms with E-state index < -0.39 is 10.1 Å². The number of nitrogens with two attached hydrogens (primary N) is 1. The van der Waals surface area contributed by atoms with Gasteiger partial charge >= 0.3 is 10.1 Å². The van der Waals surface area contributed by atoms with Crippen molar-refractivity contribution in [1.82, 2.24) is 5.43 Å². The van der Waals surface area contributed by atoms with Gasteiger partial charge in [-0.25, -0.2) is 0 Å². The molecule has 25 heavy (non-hydrogen) atoms. The summed E-state index contributed by atoms with van der Waals surface area (Å²) in [5, 5.41) is 3.80. The average molecular weight is 379 g/mol. The van der Waals surface area contributed by atoms with Crippen LogP contribution in [0.5, 0.6) is 11.5 Å². The molecule has 0 saturated carbocycles. The van der Waals surface area contributed by atoms with Crippen LogP contribution >= 0.6 is 12.2 Å². The molecule has 0 aliphatic rings. The van der Waals surface area contributed by atoms with Crippen LogP contribution in [-0.2, 0) is 10.1 Å². The van der Waals surface area contributed by atoms with Crippen molar-refractivity contribution in [3.05, 3.63) is 53.6 Å². The zero-order valence-corrected chi connectivity index (χ0v) is 15.2. The average Bonchev–Trinajstić information content (AvgIpc) is 2.56. The summed E-state index contributed by atoms with van der Waals surface area (Å²) < 4.78 is 35.6. The van der Waals surface area contributed by atoms with Crippen molar-refractivity contribution >= 4 is 33.7 Å². The lowest BCUT2D eigenvalue weighted by Crippen LogP contribution is -2.24. The second-order valence-corrected chi connectivity index (χ2v) is 6.95. The minimum Gasteiger partial charge on any atom is -0.493 e. The van der Waals surface area contributed by atoms with Gasteiger partial charge < -0.3 is 14.7 Å². The van der Waals surface area contributed by atoms with Gasteiger partial charge in [-0.2, -0.15) is 13.5 Å². The van der Waals surface area contributed by atoms with Crippen molar-refractivity contribution in [1.29, 1.82) is 0 Å². The zero-order chi connectivity index (χ0) is 18.4. The van der Waals surface area contributed by atoms with Gasteiger partial charge in [-0.05, 0) is 43.4 Å². The van der Waals surface area contributed by atoms with Crippen LogP contribution in [0.2, 0.25) is 0 Å². The smallest absolute Gasteiger partial charge is 0.339 e. The summed E-state index contributed by atoms with van der Waals surface area (Å²) in [5.41, 5.74) is 9.00. The van der Waals surface area contributed by atoms with E-state index in [1.165, 1.54) is 25.5 Å². The second-order valence-electron chi connectivity index (χ2n) is 4.96. The Morgan fingerprint density at radius 2 is 1.92 bits per heavy atom. The van der Waals surface area contributed by atoms with Gasteiger partial charge in [-0.15, -0.1) is 0 Å². The minimum absolute atomic E-state index is 0.0130. The lowest BCUT2D eigenvalue weighted by molar-refractivity contribution is 0.390. The lowest BCUT2D eigenvalue weighted by Gasteiger charge is -2.13. The first-order valence-electron chi connectivity index (χ1n) is 7.10. The van der Waals surface area contributed by atoms with Gasteiger partial charge in [0.1, 0.15) is 4.90 Å². The molecule has 0 radical (unpaired) electrons. The highest BCUT2D eigenvalue weighted by atomic mass is 32.2. The van der Waals surface area contributed by atoms with E-state index >= 15 is 0 Å². The Kier molecular flexibility index (Phi) is 5.94. The van der Waals surface area contributed by atoms with Gasteiger partial charge in [0, 0.05) is 5.56 Å². The number of hydrazone groups is 1. The monoisotopic (exact) mass is 379 g/mol. The third-order valence-electron chi connectivity index (χ3n) is 3.11. The number of benzene rings is 2. The molecule has 0 spiro atoms. The summed E-state index contributed by atoms with van der Waals surface area (Å²) in [6.07, 6.45) is 1.33. The van der Waals surface area contributed by atoms with Crippen LogP contribution in [-0.4, -0.2) is 26.9 Å². The van der Waals surface area contributed by atoms with E-state index in [1.807, 2.05) is 6.92 Å². The Bertz CT molecular complexity index is 894. The number of rotatable bonds is 6. The Labute approximate surface area is 151 Å². The molecule has 0 aliphatic heterocycles. The number of hydrogen-bond acceptors (Lipinski definition) is 6. The summed E-state index contributed by atoms with van der Waals surface area (Å²) in [6, 6.07) is 11.2. The molecule has 0 fully saturated rings. The van der Waals surface area contributed by atoms with Gasteiger partial charge in [0.2, 0.25) is 0 Å². The Morgan fingerprint density at radius 1 is 1.24 bits per heavy atom. The molecule has 2 aromatic carbocycles. The number of hydrogen-bond donors (Lipinski definition) is 2. The van der Waals surface area contributed by atoms with E-state index in [-0.39, 0.29) is 21.5 Å². The number of nitrogens with one attached hydrogen (secondary N) is 1. The zero-order valence-electron chi connectivity index (χ0n) is 13.6. The van der Waals surface area contributed by atoms with E-state index in [2.05, 4.69) is 22.7 Å². The van der Waals surface area contributed by atoms with Crippen LogP contribution in [0.15, 0.2) is 52.5 Å². The van der Waals surface area contributed by atoms with E-state index in [1.54, 1.807) is 30.3 Å². The molecule has 0 unspecified atom stereocenters. The topological polar surface area (TPSA) is 103 Å². The highest BCUT2D eigenvalue weighted by Crippen LogP contribution is 2.32. The van der Waals surface area contributed by atoms with Crippen molar-refractivity contribution < 1.29 is 17.3 Å². The predicted octanol–water partition coefficient (Wildman–Crippen LogP) is 1.94. The van der Waals surface area contributed by atoms with Gasteiger partial charge in [-0.3, -0.25) is 5.43 Å². The Hall–Kier alpha value is -2.65. The molecule has 0 saturated heterocycles. The van der Waals surface area contributed by atoms with Crippen LogP contribution in [0.3, 0.4) is 0 Å². The number of para-hydroxylation sites is 1. The van der Waals surface area contributed by atoms with Gasteiger partial charge in [-0.1, -0.05) is 23.8 Å². The molecule has 0 amide bonds. The third-order valence-corrected chi connectivity index (χ3v) is 4.44. The maximum absolute atomic E-state index is 12.5. The SMILES string of the molecule is COc1cccc(/C=N/NC(N)=S)c1OS(=O)(=O)c1ccc(C)cc1. The summed E-state index contributed by atoms with van der Waals surface area (Å²) in [4.78, 5) is 0.0353. The molecule has 0 atom stereocenters. The molecule has 9 heteroatoms. The van der Waals surface area contributed by atoms with Crippen molar-refractivity contribution in [2.24, 2.45) is 10.8 Å². The highest BCUT2D eigenvalue weighted by molar-refractivity contribution is 7.87. The Morgan fingerprint density at radius 3 is 2.52 bits per heavy atom. The van der Waals surface area contributed by atoms with E-state index in [9.17, 15) is 8.42 Å². The first-order valence-corrected chi connectivity index (χ1v) is 8.92. The lowest BCUT2D eigenvalue weighted by atomic mass is 10.2. The minimum atomic E-state index is -4.04. The van der Waals surface area contributed by atoms with Crippen LogP contribution < -0.4 is 20.1 Å². The molecule has 132 valence electrons. The maximum Gasteiger partial charge on any atom is 0.339 e. The summed E-state index contributed by atoms with van der Waals surface area (Å²) in [7, 11) is -2.63. The summed E-state index contributed by atoms with van der Waals surface area (Å²) in [6.45, 7) is 1.86. The summed E-state index contributed by atoms with van der Waals surface area (Å²) in [5.74, 6) is 0.258. The molecule has 0 aliphatic carbocycles. The van der Waals surface area contributed by atoms with Crippen molar-refractivity contribution in [2.75, 3.05) is 7.11 Å². The number of methoxy groups -OCH3 is 1. The second kappa shape index (κ2) is 7.95. The van der Waals surface area contributed by atoms with E-state index in [4.69, 9.17) is 14.7 Å². The van der Waals surface area contributed by atoms with Crippen molar-refractivity contribution in [3.8, 4) is 11.5 Å². The van der Waals surface area contributed by atoms with E-state index in [0.717, 1.165) is 5.56 Å². The van der Waals surface area contributed by atoms with Crippen LogP contribution in [0.1, 0.15) is 11.1 Å². The number of thiocarbonyl (C=S) groups is 1. The van der Waals surface area contributed by atoms with Gasteiger partial charge in [0.25, 0.3) is 0 Å². The fourth-order valence-corrected chi connectivity index (χ4v) is 2.93. The van der Waals surface area contributed by atoms with Crippen LogP contribution in [0.4, 0.5) is 0 Å². The van der Waals surface area contributed by atoms with E-state index in [0.29, 0.717) is 5.56 Å². The maximum atomic E-state index is 12.5. The fourth-order valence-electron chi connectivity index (χ4n) is 1.91. The molecule has 0 heterocycles. The molecular weight excluding hydrogens is 362 g/mol. The van der Waals surface area contributed by atoms with Gasteiger partial charge in [0.05, 0.1) is 13.3 Å². The molecule has 2 rings (SSSR count). The standard InChI is InChI=1S/C16H17N3O4S2/c1-11-6-8-13(9-7-11)25(20,21)23-15-12(10-18-19-16(17)24)4-3-5-14(15)22-2/h3-10H,1-2H3,(H3,17,19,24)/b18-10+. The quantitative estimate of drug-likeness (QED) is 0.342. The molecule has 7 nitrogen and oxygen atoms in total. The van der Waals surface area contributed by atoms with Gasteiger partial charge in [0.15, 0.2) is 16.6 Å². The molecule has 0 bridgehead atoms. The Balaban J connectivity index is 2.41. The highest BCUT2D eigenvalue weighted by Gasteiger charge is 2.21. The number of nitrogens with zero attached hydrogens (tertiary/aromatic N) is 1. The molecule has 2 aromatic rings. The largest absolute Gasteiger partial charge is 0.493 e. The van der Waals surface area contributed by atoms with Crippen molar-refractivity contribution in [2.45, 2.75) is 11.8 Å². The molecule has 3 N–H and O–H groups in total. The third kappa shape index (κ3) is 4.91. The predicted molar refractivity (Wildman–Crippen MR) is 99.5 cm³/mol. The fraction of sp³-hybridized carbons (Fsp3) is 0.125.